The Balaban J connectivity index is 1.62. The quantitative estimate of drug-likeness (QED) is 0.862. The van der Waals surface area contributed by atoms with E-state index in [9.17, 15) is 14.7 Å². The monoisotopic (exact) mass is 395 g/mol. The van der Waals surface area contributed by atoms with Crippen LogP contribution in [0.15, 0.2) is 36.4 Å². The number of amides is 1. The number of hydrogen-bond donors (Lipinski definition) is 1. The first-order chi connectivity index (χ1) is 13.6. The van der Waals surface area contributed by atoms with Crippen molar-refractivity contribution < 1.29 is 14.7 Å². The highest BCUT2D eigenvalue weighted by Crippen LogP contribution is 2.58. The number of aromatic nitrogens is 1. The summed E-state index contributed by atoms with van der Waals surface area (Å²) in [5.41, 5.74) is 3.50. The molecular weight excluding hydrogens is 366 g/mol. The van der Waals surface area contributed by atoms with Crippen molar-refractivity contribution in [1.82, 2.24) is 14.4 Å². The molecule has 1 fully saturated rings. The van der Waals surface area contributed by atoms with Crippen LogP contribution in [0.1, 0.15) is 58.8 Å². The number of fused-ring (bicyclic) bond motifs is 2. The zero-order valence-electron chi connectivity index (χ0n) is 17.6. The molecule has 4 rings (SSSR count). The molecule has 2 aromatic rings. The second kappa shape index (κ2) is 6.73. The van der Waals surface area contributed by atoms with Gasteiger partial charge in [0.2, 0.25) is 0 Å². The van der Waals surface area contributed by atoms with Crippen LogP contribution in [-0.4, -0.2) is 52.0 Å². The van der Waals surface area contributed by atoms with Crippen LogP contribution < -0.4 is 0 Å². The number of hydrogen-bond acceptors (Lipinski definition) is 3. The van der Waals surface area contributed by atoms with Crippen LogP contribution in [0, 0.1) is 5.41 Å². The van der Waals surface area contributed by atoms with Crippen LogP contribution in [0.3, 0.4) is 0 Å². The minimum atomic E-state index is -0.861. The summed E-state index contributed by atoms with van der Waals surface area (Å²) in [5.74, 6) is -0.856. The predicted molar refractivity (Wildman–Crippen MR) is 111 cm³/mol. The van der Waals surface area contributed by atoms with Crippen molar-refractivity contribution in [2.24, 2.45) is 5.41 Å². The summed E-state index contributed by atoms with van der Waals surface area (Å²) in [6.07, 6.45) is 2.03. The summed E-state index contributed by atoms with van der Waals surface area (Å²) < 4.78 is 1.99. The smallest absolute Gasteiger partial charge is 0.352 e. The molecule has 1 saturated carbocycles. The van der Waals surface area contributed by atoms with E-state index in [0.717, 1.165) is 31.6 Å². The van der Waals surface area contributed by atoms with Crippen LogP contribution in [0.25, 0.3) is 0 Å². The fraction of sp³-hybridized carbons (Fsp3) is 0.478. The number of carbonyl (C=O) groups excluding carboxylic acids is 1. The average molecular weight is 396 g/mol. The molecule has 0 bridgehead atoms. The molecule has 2 aliphatic rings. The first kappa shape index (κ1) is 19.7. The number of carbonyl (C=O) groups is 2. The maximum Gasteiger partial charge on any atom is 0.352 e. The maximum atomic E-state index is 12.1. The molecule has 6 nitrogen and oxygen atoms in total. The standard InChI is InChI=1S/C23H29N3O3/c1-22(2)14-23(15-22)19-10-9-18(21(28)29)26(19)12-11-25(23)13-16-5-7-17(8-6-16)20(27)24(3)4/h5-10H,11-15H2,1-4H3,(H,28,29). The van der Waals surface area contributed by atoms with Crippen molar-refractivity contribution >= 4 is 11.9 Å². The lowest BCUT2D eigenvalue weighted by Gasteiger charge is -2.60. The van der Waals surface area contributed by atoms with Gasteiger partial charge in [-0.2, -0.15) is 0 Å². The van der Waals surface area contributed by atoms with Crippen molar-refractivity contribution in [3.63, 3.8) is 0 Å². The van der Waals surface area contributed by atoms with Crippen LogP contribution >= 0.6 is 0 Å². The molecule has 29 heavy (non-hydrogen) atoms. The third-order valence-electron chi connectivity index (χ3n) is 6.40. The molecule has 2 heterocycles. The molecule has 1 N–H and O–H groups in total. The highest BCUT2D eigenvalue weighted by Gasteiger charge is 2.56. The molecule has 0 radical (unpaired) electrons. The lowest BCUT2D eigenvalue weighted by Crippen LogP contribution is -2.61. The van der Waals surface area contributed by atoms with Crippen LogP contribution in [0.2, 0.25) is 0 Å². The number of benzene rings is 1. The molecule has 1 aromatic carbocycles. The SMILES string of the molecule is CN(C)C(=O)c1ccc(CN2CCn3c(C(=O)O)ccc3C23CC(C)(C)C3)cc1. The maximum absolute atomic E-state index is 12.1. The molecule has 0 saturated heterocycles. The Bertz CT molecular complexity index is 948. The Morgan fingerprint density at radius 1 is 1.03 bits per heavy atom. The Morgan fingerprint density at radius 2 is 1.69 bits per heavy atom. The van der Waals surface area contributed by atoms with E-state index in [1.54, 1.807) is 25.1 Å². The first-order valence-electron chi connectivity index (χ1n) is 10.1. The minimum absolute atomic E-state index is 0.00534. The van der Waals surface area contributed by atoms with Gasteiger partial charge in [-0.05, 0) is 48.1 Å². The number of carboxylic acids is 1. The number of carboxylic acid groups (broad SMARTS) is 1. The van der Waals surface area contributed by atoms with Gasteiger partial charge >= 0.3 is 5.97 Å². The highest BCUT2D eigenvalue weighted by atomic mass is 16.4. The average Bonchev–Trinajstić information content (AvgIpc) is 3.07. The van der Waals surface area contributed by atoms with Gasteiger partial charge in [0, 0.05) is 45.0 Å². The van der Waals surface area contributed by atoms with E-state index in [2.05, 4.69) is 18.7 Å². The molecule has 154 valence electrons. The first-order valence-corrected chi connectivity index (χ1v) is 10.1. The molecule has 1 aliphatic heterocycles. The summed E-state index contributed by atoms with van der Waals surface area (Å²) in [6, 6.07) is 11.6. The molecular formula is C23H29N3O3. The van der Waals surface area contributed by atoms with E-state index >= 15 is 0 Å². The molecule has 1 aliphatic carbocycles. The van der Waals surface area contributed by atoms with E-state index in [1.807, 2.05) is 34.9 Å². The van der Waals surface area contributed by atoms with Crippen molar-refractivity contribution in [1.29, 1.82) is 0 Å². The molecule has 1 amide bonds. The molecule has 1 aromatic heterocycles. The van der Waals surface area contributed by atoms with E-state index in [0.29, 0.717) is 17.8 Å². The number of rotatable bonds is 4. The van der Waals surface area contributed by atoms with E-state index in [1.165, 1.54) is 5.56 Å². The fourth-order valence-corrected chi connectivity index (χ4v) is 5.30. The van der Waals surface area contributed by atoms with Gasteiger partial charge in [0.15, 0.2) is 0 Å². The molecule has 0 unspecified atom stereocenters. The molecule has 6 heteroatoms. The molecule has 0 atom stereocenters. The van der Waals surface area contributed by atoms with Crippen molar-refractivity contribution in [3.8, 4) is 0 Å². The van der Waals surface area contributed by atoms with Gasteiger partial charge in [0.25, 0.3) is 5.91 Å². The second-order valence-corrected chi connectivity index (χ2v) is 9.43. The second-order valence-electron chi connectivity index (χ2n) is 9.43. The zero-order valence-corrected chi connectivity index (χ0v) is 17.6. The lowest BCUT2D eigenvalue weighted by molar-refractivity contribution is -0.0969. The third kappa shape index (κ3) is 3.25. The van der Waals surface area contributed by atoms with Gasteiger partial charge < -0.3 is 14.6 Å². The van der Waals surface area contributed by atoms with Gasteiger partial charge in [-0.15, -0.1) is 0 Å². The van der Waals surface area contributed by atoms with Crippen LogP contribution in [0.4, 0.5) is 0 Å². The summed E-state index contributed by atoms with van der Waals surface area (Å²) in [6.45, 7) is 6.84. The van der Waals surface area contributed by atoms with Crippen molar-refractivity contribution in [2.75, 3.05) is 20.6 Å². The summed E-state index contributed by atoms with van der Waals surface area (Å²) in [4.78, 5) is 27.8. The van der Waals surface area contributed by atoms with Gasteiger partial charge in [-0.1, -0.05) is 26.0 Å². The van der Waals surface area contributed by atoms with Gasteiger partial charge in [-0.25, -0.2) is 4.79 Å². The predicted octanol–water partition coefficient (Wildman–Crippen LogP) is 3.42. The topological polar surface area (TPSA) is 65.8 Å². The van der Waals surface area contributed by atoms with E-state index in [4.69, 9.17) is 0 Å². The Labute approximate surface area is 171 Å². The molecule has 1 spiro atoms. The lowest BCUT2D eigenvalue weighted by atomic mass is 9.56. The summed E-state index contributed by atoms with van der Waals surface area (Å²) in [5, 5.41) is 9.54. The number of nitrogens with zero attached hydrogens (tertiary/aromatic N) is 3. The van der Waals surface area contributed by atoms with Crippen molar-refractivity contribution in [2.45, 2.75) is 45.3 Å². The van der Waals surface area contributed by atoms with E-state index < -0.39 is 5.97 Å². The third-order valence-corrected chi connectivity index (χ3v) is 6.40. The summed E-state index contributed by atoms with van der Waals surface area (Å²) in [7, 11) is 3.51. The highest BCUT2D eigenvalue weighted by molar-refractivity contribution is 5.93. The zero-order chi connectivity index (χ0) is 21.0. The van der Waals surface area contributed by atoms with Crippen molar-refractivity contribution in [3.05, 3.63) is 58.9 Å². The normalized spacial score (nSPS) is 19.4. The van der Waals surface area contributed by atoms with Gasteiger partial charge in [-0.3, -0.25) is 9.69 Å². The number of aromatic carboxylic acids is 1. The fourth-order valence-electron chi connectivity index (χ4n) is 5.30. The Morgan fingerprint density at radius 3 is 2.24 bits per heavy atom. The van der Waals surface area contributed by atoms with Crippen LogP contribution in [0.5, 0.6) is 0 Å². The summed E-state index contributed by atoms with van der Waals surface area (Å²) >= 11 is 0. The van der Waals surface area contributed by atoms with Gasteiger partial charge in [0.1, 0.15) is 5.69 Å². The Hall–Kier alpha value is -2.60. The Kier molecular flexibility index (Phi) is 4.57. The van der Waals surface area contributed by atoms with Crippen LogP contribution in [-0.2, 0) is 18.6 Å². The largest absolute Gasteiger partial charge is 0.477 e. The minimum Gasteiger partial charge on any atom is -0.477 e. The van der Waals surface area contributed by atoms with Gasteiger partial charge in [0.05, 0.1) is 5.54 Å². The van der Waals surface area contributed by atoms with E-state index in [-0.39, 0.29) is 16.9 Å².